The lowest BCUT2D eigenvalue weighted by Gasteiger charge is -2.32. The van der Waals surface area contributed by atoms with Crippen LogP contribution in [0.15, 0.2) is 24.3 Å². The van der Waals surface area contributed by atoms with Crippen molar-refractivity contribution in [1.82, 2.24) is 10.2 Å². The average Bonchev–Trinajstić information content (AvgIpc) is 2.61. The third-order valence-corrected chi connectivity index (χ3v) is 4.46. The number of alkyl halides is 3. The van der Waals surface area contributed by atoms with Gasteiger partial charge in [-0.05, 0) is 44.4 Å². The van der Waals surface area contributed by atoms with Crippen molar-refractivity contribution >= 4 is 12.0 Å². The minimum absolute atomic E-state index is 0.208. The molecule has 0 aliphatic carbocycles. The van der Waals surface area contributed by atoms with Gasteiger partial charge in [-0.3, -0.25) is 4.79 Å². The van der Waals surface area contributed by atoms with Gasteiger partial charge in [-0.25, -0.2) is 4.79 Å². The molecule has 0 spiro atoms. The van der Waals surface area contributed by atoms with Gasteiger partial charge in [-0.1, -0.05) is 12.1 Å². The number of carbonyl (C=O) groups is 2. The highest BCUT2D eigenvalue weighted by atomic mass is 19.4. The second-order valence-corrected chi connectivity index (χ2v) is 6.31. The fraction of sp³-hybridized carbons (Fsp3) is 0.556. The highest BCUT2D eigenvalue weighted by Gasteiger charge is 2.31. The first-order valence-corrected chi connectivity index (χ1v) is 8.61. The van der Waals surface area contributed by atoms with Crippen LogP contribution in [-0.4, -0.2) is 36.6 Å². The average molecular weight is 372 g/mol. The van der Waals surface area contributed by atoms with Crippen LogP contribution in [0, 0.1) is 5.92 Å². The maximum atomic E-state index is 12.8. The van der Waals surface area contributed by atoms with Gasteiger partial charge in [-0.15, -0.1) is 0 Å². The van der Waals surface area contributed by atoms with Crippen LogP contribution in [0.2, 0.25) is 0 Å². The Morgan fingerprint density at radius 3 is 2.54 bits per heavy atom. The molecule has 1 N–H and O–H groups in total. The molecule has 1 fully saturated rings. The Balaban J connectivity index is 1.91. The minimum atomic E-state index is -4.42. The summed E-state index contributed by atoms with van der Waals surface area (Å²) >= 11 is 0. The summed E-state index contributed by atoms with van der Waals surface area (Å²) in [5, 5.41) is 2.72. The van der Waals surface area contributed by atoms with Crippen molar-refractivity contribution in [2.24, 2.45) is 5.92 Å². The summed E-state index contributed by atoms with van der Waals surface area (Å²) < 4.78 is 43.4. The monoisotopic (exact) mass is 372 g/mol. The number of amides is 2. The van der Waals surface area contributed by atoms with Crippen LogP contribution in [0.25, 0.3) is 0 Å². The molecule has 1 aromatic rings. The van der Waals surface area contributed by atoms with Crippen LogP contribution in [0.1, 0.15) is 43.9 Å². The summed E-state index contributed by atoms with van der Waals surface area (Å²) in [7, 11) is 0. The zero-order valence-corrected chi connectivity index (χ0v) is 14.8. The third-order valence-electron chi connectivity index (χ3n) is 4.46. The van der Waals surface area contributed by atoms with Crippen LogP contribution in [0.3, 0.4) is 0 Å². The molecule has 1 aliphatic heterocycles. The maximum Gasteiger partial charge on any atom is 0.416 e. The van der Waals surface area contributed by atoms with E-state index in [-0.39, 0.29) is 17.9 Å². The number of urea groups is 1. The summed E-state index contributed by atoms with van der Waals surface area (Å²) in [5.74, 6) is -0.454. The number of rotatable bonds is 4. The number of hydrogen-bond acceptors (Lipinski definition) is 3. The zero-order valence-electron chi connectivity index (χ0n) is 14.8. The molecule has 2 amide bonds. The number of halogens is 3. The molecule has 0 bridgehead atoms. The molecule has 1 unspecified atom stereocenters. The molecule has 144 valence electrons. The first-order chi connectivity index (χ1) is 12.2. The van der Waals surface area contributed by atoms with E-state index in [9.17, 15) is 22.8 Å². The molecule has 5 nitrogen and oxygen atoms in total. The Morgan fingerprint density at radius 2 is 1.96 bits per heavy atom. The highest BCUT2D eigenvalue weighted by Crippen LogP contribution is 2.30. The summed E-state index contributed by atoms with van der Waals surface area (Å²) in [6.07, 6.45) is -3.39. The zero-order chi connectivity index (χ0) is 19.3. The van der Waals surface area contributed by atoms with E-state index in [1.54, 1.807) is 24.8 Å². The summed E-state index contributed by atoms with van der Waals surface area (Å²) in [6.45, 7) is 4.53. The SMILES string of the molecule is CCOC(=O)C1CCN(C(=O)NC(C)c2cccc(C(F)(F)F)c2)CC1. The molecule has 2 rings (SSSR count). The Labute approximate surface area is 150 Å². The van der Waals surface area contributed by atoms with E-state index in [2.05, 4.69) is 5.32 Å². The Morgan fingerprint density at radius 1 is 1.31 bits per heavy atom. The number of nitrogens with one attached hydrogen (secondary N) is 1. The molecule has 1 heterocycles. The summed E-state index contributed by atoms with van der Waals surface area (Å²) in [6, 6.07) is 4.00. The van der Waals surface area contributed by atoms with Crippen molar-refractivity contribution in [2.45, 2.75) is 38.9 Å². The van der Waals surface area contributed by atoms with Crippen molar-refractivity contribution in [3.05, 3.63) is 35.4 Å². The number of benzene rings is 1. The first kappa shape index (κ1) is 20.1. The first-order valence-electron chi connectivity index (χ1n) is 8.61. The van der Waals surface area contributed by atoms with Crippen molar-refractivity contribution < 1.29 is 27.5 Å². The lowest BCUT2D eigenvalue weighted by Crippen LogP contribution is -2.46. The fourth-order valence-electron chi connectivity index (χ4n) is 2.92. The van der Waals surface area contributed by atoms with Crippen molar-refractivity contribution in [2.75, 3.05) is 19.7 Å². The van der Waals surface area contributed by atoms with Gasteiger partial charge in [0.15, 0.2) is 0 Å². The smallest absolute Gasteiger partial charge is 0.416 e. The van der Waals surface area contributed by atoms with E-state index < -0.39 is 17.8 Å². The van der Waals surface area contributed by atoms with Crippen molar-refractivity contribution in [1.29, 1.82) is 0 Å². The van der Waals surface area contributed by atoms with Crippen molar-refractivity contribution in [3.8, 4) is 0 Å². The van der Waals surface area contributed by atoms with Gasteiger partial charge < -0.3 is 15.0 Å². The summed E-state index contributed by atoms with van der Waals surface area (Å²) in [5.41, 5.74) is -0.360. The number of hydrogen-bond donors (Lipinski definition) is 1. The molecule has 0 saturated carbocycles. The van der Waals surface area contributed by atoms with Crippen LogP contribution < -0.4 is 5.32 Å². The topological polar surface area (TPSA) is 58.6 Å². The molecule has 8 heteroatoms. The largest absolute Gasteiger partial charge is 0.466 e. The predicted octanol–water partition coefficient (Wildman–Crippen LogP) is 3.75. The van der Waals surface area contributed by atoms with Gasteiger partial charge in [0.2, 0.25) is 0 Å². The Hall–Kier alpha value is -2.25. The lowest BCUT2D eigenvalue weighted by molar-refractivity contribution is -0.149. The quantitative estimate of drug-likeness (QED) is 0.819. The number of carbonyl (C=O) groups excluding carboxylic acids is 2. The summed E-state index contributed by atoms with van der Waals surface area (Å²) in [4.78, 5) is 25.6. The maximum absolute atomic E-state index is 12.8. The van der Waals surface area contributed by atoms with Crippen LogP contribution in [-0.2, 0) is 15.7 Å². The van der Waals surface area contributed by atoms with Crippen LogP contribution >= 0.6 is 0 Å². The normalized spacial score (nSPS) is 16.9. The molecule has 1 aromatic carbocycles. The van der Waals surface area contributed by atoms with Gasteiger partial charge in [0, 0.05) is 13.1 Å². The minimum Gasteiger partial charge on any atom is -0.466 e. The van der Waals surface area contributed by atoms with E-state index >= 15 is 0 Å². The number of nitrogens with zero attached hydrogens (tertiary/aromatic N) is 1. The Kier molecular flexibility index (Phi) is 6.50. The fourth-order valence-corrected chi connectivity index (χ4v) is 2.92. The van der Waals surface area contributed by atoms with Gasteiger partial charge in [0.05, 0.1) is 24.1 Å². The van der Waals surface area contributed by atoms with Crippen molar-refractivity contribution in [3.63, 3.8) is 0 Å². The molecular formula is C18H23F3N2O3. The van der Waals surface area contributed by atoms with Crippen LogP contribution in [0.5, 0.6) is 0 Å². The second kappa shape index (κ2) is 8.42. The van der Waals surface area contributed by atoms with Crippen LogP contribution in [0.4, 0.5) is 18.0 Å². The molecule has 26 heavy (non-hydrogen) atoms. The molecular weight excluding hydrogens is 349 g/mol. The number of piperidine rings is 1. The molecule has 0 aromatic heterocycles. The Bertz CT molecular complexity index is 641. The van der Waals surface area contributed by atoms with Gasteiger partial charge >= 0.3 is 18.2 Å². The van der Waals surface area contributed by atoms with Gasteiger partial charge in [0.1, 0.15) is 0 Å². The molecule has 0 radical (unpaired) electrons. The van der Waals surface area contributed by atoms with E-state index in [4.69, 9.17) is 4.74 Å². The number of likely N-dealkylation sites (tertiary alicyclic amines) is 1. The van der Waals surface area contributed by atoms with E-state index in [1.807, 2.05) is 0 Å². The third kappa shape index (κ3) is 5.12. The lowest BCUT2D eigenvalue weighted by atomic mass is 9.97. The molecule has 1 aliphatic rings. The van der Waals surface area contributed by atoms with E-state index in [1.165, 1.54) is 6.07 Å². The number of ether oxygens (including phenoxy) is 1. The standard InChI is InChI=1S/C18H23F3N2O3/c1-3-26-16(24)13-7-9-23(10-8-13)17(25)22-12(2)14-5-4-6-15(11-14)18(19,20)21/h4-6,11-13H,3,7-10H2,1-2H3,(H,22,25). The van der Waals surface area contributed by atoms with Gasteiger partial charge in [-0.2, -0.15) is 13.2 Å². The molecule has 1 atom stereocenters. The van der Waals surface area contributed by atoms with E-state index in [0.717, 1.165) is 12.1 Å². The predicted molar refractivity (Wildman–Crippen MR) is 89.3 cm³/mol. The second-order valence-electron chi connectivity index (χ2n) is 6.31. The highest BCUT2D eigenvalue weighted by molar-refractivity contribution is 5.76. The van der Waals surface area contributed by atoms with E-state index in [0.29, 0.717) is 38.1 Å². The van der Waals surface area contributed by atoms with Gasteiger partial charge in [0.25, 0.3) is 0 Å². The number of esters is 1. The molecule has 1 saturated heterocycles.